The minimum atomic E-state index is 0.109. The van der Waals surface area contributed by atoms with Gasteiger partial charge in [-0.25, -0.2) is 4.98 Å². The molecular formula is C20H19N5O. The summed E-state index contributed by atoms with van der Waals surface area (Å²) in [5, 5.41) is 24.4. The highest BCUT2D eigenvalue weighted by Gasteiger charge is 2.07. The normalized spacial score (nSPS) is 10.2. The lowest BCUT2D eigenvalue weighted by Crippen LogP contribution is -2.08. The van der Waals surface area contributed by atoms with Crippen LogP contribution in [0.4, 0.5) is 17.5 Å². The summed E-state index contributed by atoms with van der Waals surface area (Å²) in [6.07, 6.45) is 0.617. The average molecular weight is 345 g/mol. The van der Waals surface area contributed by atoms with Crippen molar-refractivity contribution in [1.82, 2.24) is 9.97 Å². The van der Waals surface area contributed by atoms with Crippen LogP contribution in [-0.2, 0) is 0 Å². The van der Waals surface area contributed by atoms with Gasteiger partial charge in [-0.3, -0.25) is 0 Å². The van der Waals surface area contributed by atoms with E-state index in [1.807, 2.05) is 48.5 Å². The Kier molecular flexibility index (Phi) is 5.76. The lowest BCUT2D eigenvalue weighted by atomic mass is 10.1. The zero-order valence-electron chi connectivity index (χ0n) is 14.2. The van der Waals surface area contributed by atoms with Gasteiger partial charge in [-0.1, -0.05) is 36.4 Å². The topological polar surface area (TPSA) is 93.9 Å². The van der Waals surface area contributed by atoms with Crippen molar-refractivity contribution in [2.45, 2.75) is 6.42 Å². The smallest absolute Gasteiger partial charge is 0.225 e. The molecule has 3 rings (SSSR count). The van der Waals surface area contributed by atoms with Crippen molar-refractivity contribution in [1.29, 1.82) is 5.26 Å². The molecule has 0 atom stereocenters. The Morgan fingerprint density at radius 3 is 2.62 bits per heavy atom. The van der Waals surface area contributed by atoms with Gasteiger partial charge in [-0.05, 0) is 24.6 Å². The Labute approximate surface area is 152 Å². The summed E-state index contributed by atoms with van der Waals surface area (Å²) in [4.78, 5) is 9.04. The third-order valence-corrected chi connectivity index (χ3v) is 3.68. The molecule has 0 aliphatic rings. The molecule has 0 saturated heterocycles. The van der Waals surface area contributed by atoms with Crippen LogP contribution in [0.5, 0.6) is 0 Å². The maximum atomic E-state index is 9.05. The van der Waals surface area contributed by atoms with Gasteiger partial charge >= 0.3 is 0 Å². The van der Waals surface area contributed by atoms with Gasteiger partial charge in [0.1, 0.15) is 5.82 Å². The Balaban J connectivity index is 1.92. The summed E-state index contributed by atoms with van der Waals surface area (Å²) >= 11 is 0. The molecule has 6 nitrogen and oxygen atoms in total. The molecule has 2 aromatic carbocycles. The van der Waals surface area contributed by atoms with Crippen LogP contribution in [-0.4, -0.2) is 28.2 Å². The zero-order chi connectivity index (χ0) is 18.2. The quantitative estimate of drug-likeness (QED) is 0.567. The summed E-state index contributed by atoms with van der Waals surface area (Å²) in [7, 11) is 0. The van der Waals surface area contributed by atoms with Crippen LogP contribution in [0.3, 0.4) is 0 Å². The third kappa shape index (κ3) is 4.56. The number of benzene rings is 2. The molecule has 0 radical (unpaired) electrons. The van der Waals surface area contributed by atoms with Crippen molar-refractivity contribution >= 4 is 17.5 Å². The monoisotopic (exact) mass is 345 g/mol. The lowest BCUT2D eigenvalue weighted by molar-refractivity contribution is 0.292. The molecule has 1 heterocycles. The second-order valence-electron chi connectivity index (χ2n) is 5.65. The molecule has 3 N–H and O–H groups in total. The molecule has 0 fully saturated rings. The lowest BCUT2D eigenvalue weighted by Gasteiger charge is -2.11. The molecule has 1 aromatic heterocycles. The molecule has 0 saturated carbocycles. The number of aromatic nitrogens is 2. The van der Waals surface area contributed by atoms with Gasteiger partial charge in [-0.15, -0.1) is 0 Å². The van der Waals surface area contributed by atoms with Crippen molar-refractivity contribution in [2.75, 3.05) is 23.8 Å². The van der Waals surface area contributed by atoms with Gasteiger partial charge in [-0.2, -0.15) is 10.2 Å². The SMILES string of the molecule is N#Cc1cccc(Nc2cc(-c3ccccc3)nc(NCCCO)n2)c1. The average Bonchev–Trinajstić information content (AvgIpc) is 2.69. The predicted octanol–water partition coefficient (Wildman–Crippen LogP) is 3.55. The highest BCUT2D eigenvalue weighted by molar-refractivity contribution is 5.67. The van der Waals surface area contributed by atoms with E-state index in [9.17, 15) is 0 Å². The highest BCUT2D eigenvalue weighted by Crippen LogP contribution is 2.24. The molecule has 0 aliphatic heterocycles. The Hall–Kier alpha value is -3.43. The van der Waals surface area contributed by atoms with Crippen LogP contribution in [0.2, 0.25) is 0 Å². The molecule has 0 amide bonds. The van der Waals surface area contributed by atoms with E-state index in [0.717, 1.165) is 16.9 Å². The molecule has 6 heteroatoms. The first-order chi connectivity index (χ1) is 12.8. The predicted molar refractivity (Wildman–Crippen MR) is 102 cm³/mol. The standard InChI is InChI=1S/C20H19N5O/c21-14-15-6-4-9-17(12-15)23-19-13-18(16-7-2-1-3-8-16)24-20(25-19)22-10-5-11-26/h1-4,6-9,12-13,26H,5,10-11H2,(H2,22,23,24,25). The number of aliphatic hydroxyl groups excluding tert-OH is 1. The number of anilines is 3. The van der Waals surface area contributed by atoms with E-state index >= 15 is 0 Å². The maximum absolute atomic E-state index is 9.05. The summed E-state index contributed by atoms with van der Waals surface area (Å²) in [6, 6.07) is 21.1. The van der Waals surface area contributed by atoms with E-state index in [1.54, 1.807) is 12.1 Å². The number of nitrogens with one attached hydrogen (secondary N) is 2. The number of aliphatic hydroxyl groups is 1. The molecule has 26 heavy (non-hydrogen) atoms. The Morgan fingerprint density at radius 1 is 1.00 bits per heavy atom. The first kappa shape index (κ1) is 17.4. The molecule has 0 bridgehead atoms. The van der Waals surface area contributed by atoms with Crippen molar-refractivity contribution in [2.24, 2.45) is 0 Å². The summed E-state index contributed by atoms with van der Waals surface area (Å²) in [5.74, 6) is 1.11. The van der Waals surface area contributed by atoms with E-state index in [0.29, 0.717) is 30.3 Å². The molecule has 0 aliphatic carbocycles. The third-order valence-electron chi connectivity index (χ3n) is 3.68. The van der Waals surface area contributed by atoms with Gasteiger partial charge < -0.3 is 15.7 Å². The first-order valence-electron chi connectivity index (χ1n) is 8.35. The number of nitriles is 1. The van der Waals surface area contributed by atoms with Crippen molar-refractivity contribution in [3.8, 4) is 17.3 Å². The van der Waals surface area contributed by atoms with Gasteiger partial charge in [0, 0.05) is 30.5 Å². The van der Waals surface area contributed by atoms with Gasteiger partial charge in [0.2, 0.25) is 5.95 Å². The van der Waals surface area contributed by atoms with Crippen LogP contribution in [0, 0.1) is 11.3 Å². The minimum Gasteiger partial charge on any atom is -0.396 e. The van der Waals surface area contributed by atoms with E-state index in [-0.39, 0.29) is 6.61 Å². The number of hydrogen-bond donors (Lipinski definition) is 3. The van der Waals surface area contributed by atoms with Crippen molar-refractivity contribution in [3.63, 3.8) is 0 Å². The van der Waals surface area contributed by atoms with E-state index in [2.05, 4.69) is 26.7 Å². The summed E-state index contributed by atoms with van der Waals surface area (Å²) in [6.45, 7) is 0.690. The fraction of sp³-hybridized carbons (Fsp3) is 0.150. The van der Waals surface area contributed by atoms with Crippen LogP contribution in [0.15, 0.2) is 60.7 Å². The van der Waals surface area contributed by atoms with E-state index in [4.69, 9.17) is 10.4 Å². The molecule has 3 aromatic rings. The fourth-order valence-electron chi connectivity index (χ4n) is 2.44. The molecular weight excluding hydrogens is 326 g/mol. The van der Waals surface area contributed by atoms with Gasteiger partial charge in [0.25, 0.3) is 0 Å². The van der Waals surface area contributed by atoms with Crippen LogP contribution >= 0.6 is 0 Å². The number of rotatable bonds is 7. The van der Waals surface area contributed by atoms with Crippen LogP contribution in [0.1, 0.15) is 12.0 Å². The zero-order valence-corrected chi connectivity index (χ0v) is 14.2. The van der Waals surface area contributed by atoms with Gasteiger partial charge in [0.05, 0.1) is 17.3 Å². The highest BCUT2D eigenvalue weighted by atomic mass is 16.3. The minimum absolute atomic E-state index is 0.109. The van der Waals surface area contributed by atoms with E-state index in [1.165, 1.54) is 0 Å². The number of hydrogen-bond acceptors (Lipinski definition) is 6. The van der Waals surface area contributed by atoms with Crippen LogP contribution in [0.25, 0.3) is 11.3 Å². The summed E-state index contributed by atoms with van der Waals surface area (Å²) < 4.78 is 0. The van der Waals surface area contributed by atoms with Crippen molar-refractivity contribution in [3.05, 3.63) is 66.2 Å². The number of nitrogens with zero attached hydrogens (tertiary/aromatic N) is 3. The maximum Gasteiger partial charge on any atom is 0.225 e. The largest absolute Gasteiger partial charge is 0.396 e. The molecule has 0 spiro atoms. The van der Waals surface area contributed by atoms with Gasteiger partial charge in [0.15, 0.2) is 0 Å². The Morgan fingerprint density at radius 2 is 1.85 bits per heavy atom. The molecule has 130 valence electrons. The van der Waals surface area contributed by atoms with Crippen molar-refractivity contribution < 1.29 is 5.11 Å². The van der Waals surface area contributed by atoms with Crippen LogP contribution < -0.4 is 10.6 Å². The second-order valence-corrected chi connectivity index (χ2v) is 5.65. The first-order valence-corrected chi connectivity index (χ1v) is 8.35. The fourth-order valence-corrected chi connectivity index (χ4v) is 2.44. The summed E-state index contributed by atoms with van der Waals surface area (Å²) in [5.41, 5.74) is 3.12. The second kappa shape index (κ2) is 8.60. The van der Waals surface area contributed by atoms with E-state index < -0.39 is 0 Å². The molecule has 0 unspecified atom stereocenters. The Bertz CT molecular complexity index is 906.